The molecule has 2 amide bonds. The van der Waals surface area contributed by atoms with Crippen molar-refractivity contribution < 1.29 is 28.6 Å². The number of rotatable bonds is 7. The third-order valence-corrected chi connectivity index (χ3v) is 3.07. The summed E-state index contributed by atoms with van der Waals surface area (Å²) in [4.78, 5) is 35.7. The fraction of sp³-hybridized carbons (Fsp3) is 0.778. The monoisotopic (exact) mass is 419 g/mol. The van der Waals surface area contributed by atoms with Crippen LogP contribution in [0.4, 0.5) is 9.59 Å². The van der Waals surface area contributed by atoms with Gasteiger partial charge < -0.3 is 24.8 Å². The van der Waals surface area contributed by atoms with Gasteiger partial charge in [-0.3, -0.25) is 5.32 Å². The maximum absolute atomic E-state index is 12.4. The van der Waals surface area contributed by atoms with E-state index in [2.05, 4.69) is 16.0 Å². The van der Waals surface area contributed by atoms with Crippen LogP contribution in [0.25, 0.3) is 0 Å². The lowest BCUT2D eigenvalue weighted by Gasteiger charge is -2.26. The summed E-state index contributed by atoms with van der Waals surface area (Å²) in [6, 6.07) is -0.873. The fourth-order valence-electron chi connectivity index (χ4n) is 1.88. The first kappa shape index (κ1) is 25.9. The van der Waals surface area contributed by atoms with Crippen molar-refractivity contribution in [3.05, 3.63) is 0 Å². The molecule has 1 unspecified atom stereocenters. The summed E-state index contributed by atoms with van der Waals surface area (Å²) in [5.41, 5.74) is -1.37. The molecular formula is C18H33N3O6S. The first-order chi connectivity index (χ1) is 12.7. The van der Waals surface area contributed by atoms with E-state index in [0.29, 0.717) is 19.4 Å². The Bertz CT molecular complexity index is 555. The van der Waals surface area contributed by atoms with Crippen molar-refractivity contribution in [3.8, 4) is 0 Å². The summed E-state index contributed by atoms with van der Waals surface area (Å²) < 4.78 is 15.3. The van der Waals surface area contributed by atoms with Gasteiger partial charge in [0, 0.05) is 6.54 Å². The number of carbonyl (C=O) groups is 3. The number of hydrogen-bond acceptors (Lipinski definition) is 7. The molecule has 3 N–H and O–H groups in total. The lowest BCUT2D eigenvalue weighted by molar-refractivity contribution is -0.157. The Hall–Kier alpha value is -2.10. The minimum absolute atomic E-state index is 0.118. The van der Waals surface area contributed by atoms with Crippen LogP contribution in [-0.4, -0.2) is 53.7 Å². The fourth-order valence-corrected chi connectivity index (χ4v) is 2.07. The highest BCUT2D eigenvalue weighted by molar-refractivity contribution is 7.80. The molecular weight excluding hydrogens is 386 g/mol. The minimum atomic E-state index is -0.873. The van der Waals surface area contributed by atoms with Crippen molar-refractivity contribution in [2.75, 3.05) is 13.2 Å². The van der Waals surface area contributed by atoms with Crippen molar-refractivity contribution in [1.29, 1.82) is 0 Å². The molecule has 1 atom stereocenters. The Morgan fingerprint density at radius 1 is 0.964 bits per heavy atom. The molecule has 0 rings (SSSR count). The number of esters is 1. The van der Waals surface area contributed by atoms with E-state index in [4.69, 9.17) is 26.4 Å². The predicted molar refractivity (Wildman–Crippen MR) is 109 cm³/mol. The van der Waals surface area contributed by atoms with E-state index in [1.54, 1.807) is 48.5 Å². The second-order valence-electron chi connectivity index (χ2n) is 7.98. The number of thiocarbonyl (C=S) groups is 1. The number of carbonyl (C=O) groups excluding carboxylic acids is 3. The predicted octanol–water partition coefficient (Wildman–Crippen LogP) is 2.62. The van der Waals surface area contributed by atoms with E-state index in [0.717, 1.165) is 0 Å². The molecule has 0 fully saturated rings. The Balaban J connectivity index is 4.64. The van der Waals surface area contributed by atoms with Gasteiger partial charge in [0.2, 0.25) is 0 Å². The number of ether oxygens (including phenoxy) is 3. The average Bonchev–Trinajstić information content (AvgIpc) is 2.46. The van der Waals surface area contributed by atoms with Crippen molar-refractivity contribution in [3.63, 3.8) is 0 Å². The molecule has 0 aromatic rings. The van der Waals surface area contributed by atoms with E-state index in [-0.39, 0.29) is 11.7 Å². The Morgan fingerprint density at radius 2 is 1.54 bits per heavy atom. The van der Waals surface area contributed by atoms with Crippen LogP contribution in [0.15, 0.2) is 0 Å². The first-order valence-corrected chi connectivity index (χ1v) is 9.58. The molecule has 0 aliphatic heterocycles. The van der Waals surface area contributed by atoms with Crippen LogP contribution in [0.5, 0.6) is 0 Å². The zero-order chi connectivity index (χ0) is 22.0. The van der Waals surface area contributed by atoms with Gasteiger partial charge >= 0.3 is 18.2 Å². The summed E-state index contributed by atoms with van der Waals surface area (Å²) in [5.74, 6) is -0.550. The van der Waals surface area contributed by atoms with Crippen molar-refractivity contribution in [2.24, 2.45) is 0 Å². The van der Waals surface area contributed by atoms with E-state index in [1.807, 2.05) is 0 Å². The van der Waals surface area contributed by atoms with Gasteiger partial charge in [-0.2, -0.15) is 0 Å². The van der Waals surface area contributed by atoms with Crippen LogP contribution in [0.2, 0.25) is 0 Å². The topological polar surface area (TPSA) is 115 Å². The molecule has 0 bridgehead atoms. The molecule has 0 aromatic heterocycles. The zero-order valence-corrected chi connectivity index (χ0v) is 18.6. The first-order valence-electron chi connectivity index (χ1n) is 9.17. The highest BCUT2D eigenvalue weighted by atomic mass is 32.1. The number of alkyl carbamates (subject to hydrolysis) is 2. The van der Waals surface area contributed by atoms with Crippen LogP contribution in [0.3, 0.4) is 0 Å². The second-order valence-corrected chi connectivity index (χ2v) is 8.38. The molecule has 0 aliphatic rings. The largest absolute Gasteiger partial charge is 0.458 e. The van der Waals surface area contributed by atoms with Gasteiger partial charge in [-0.1, -0.05) is 0 Å². The van der Waals surface area contributed by atoms with Crippen molar-refractivity contribution in [2.45, 2.75) is 78.6 Å². The molecule has 9 nitrogen and oxygen atoms in total. The van der Waals surface area contributed by atoms with Crippen LogP contribution >= 0.6 is 12.2 Å². The van der Waals surface area contributed by atoms with E-state index in [1.165, 1.54) is 0 Å². The molecule has 0 aromatic carbocycles. The molecule has 0 aliphatic carbocycles. The quantitative estimate of drug-likeness (QED) is 0.250. The zero-order valence-electron chi connectivity index (χ0n) is 17.8. The molecule has 0 saturated carbocycles. The van der Waals surface area contributed by atoms with Gasteiger partial charge in [-0.25, -0.2) is 14.4 Å². The van der Waals surface area contributed by atoms with Crippen LogP contribution in [0, 0.1) is 0 Å². The highest BCUT2D eigenvalue weighted by Gasteiger charge is 2.28. The van der Waals surface area contributed by atoms with E-state index >= 15 is 0 Å². The smallest absolute Gasteiger partial charge is 0.413 e. The Morgan fingerprint density at radius 3 is 2.04 bits per heavy atom. The summed E-state index contributed by atoms with van der Waals surface area (Å²) >= 11 is 4.97. The van der Waals surface area contributed by atoms with Gasteiger partial charge in [0.05, 0.1) is 6.61 Å². The molecule has 0 saturated heterocycles. The maximum atomic E-state index is 12.4. The molecule has 0 radical (unpaired) electrons. The van der Waals surface area contributed by atoms with Crippen LogP contribution in [0.1, 0.15) is 61.3 Å². The average molecular weight is 420 g/mol. The number of hydrogen-bond donors (Lipinski definition) is 3. The standard InChI is InChI=1S/C18H33N3O6S/c1-8-25-15(23)21-14(28)19-11-9-10-12(13(22)26-17(2,3)4)20-16(24)27-18(5,6)7/h12H,8-11H2,1-7H3,(H,20,24)(H2,19,21,23,28). The van der Waals surface area contributed by atoms with Crippen molar-refractivity contribution in [1.82, 2.24) is 16.0 Å². The molecule has 0 heterocycles. The summed E-state index contributed by atoms with van der Waals surface area (Å²) in [7, 11) is 0. The second kappa shape index (κ2) is 11.7. The van der Waals surface area contributed by atoms with Crippen LogP contribution < -0.4 is 16.0 Å². The maximum Gasteiger partial charge on any atom is 0.413 e. The molecule has 0 spiro atoms. The SMILES string of the molecule is CCOC(=O)NC(=S)NCCCC(NC(=O)OC(C)(C)C)C(=O)OC(C)(C)C. The third kappa shape index (κ3) is 14.0. The van der Waals surface area contributed by atoms with Gasteiger partial charge in [-0.05, 0) is 73.5 Å². The van der Waals surface area contributed by atoms with Gasteiger partial charge in [0.25, 0.3) is 0 Å². The summed E-state index contributed by atoms with van der Waals surface area (Å²) in [6.45, 7) is 12.7. The summed E-state index contributed by atoms with van der Waals surface area (Å²) in [5, 5.41) is 7.85. The normalized spacial score (nSPS) is 12.4. The molecule has 28 heavy (non-hydrogen) atoms. The number of amides is 2. The molecule has 162 valence electrons. The van der Waals surface area contributed by atoms with Gasteiger partial charge in [0.1, 0.15) is 17.2 Å². The Kier molecular flexibility index (Phi) is 10.8. The lowest BCUT2D eigenvalue weighted by Crippen LogP contribution is -2.46. The van der Waals surface area contributed by atoms with Crippen molar-refractivity contribution >= 4 is 35.5 Å². The minimum Gasteiger partial charge on any atom is -0.458 e. The van der Waals surface area contributed by atoms with Gasteiger partial charge in [0.15, 0.2) is 5.11 Å². The van der Waals surface area contributed by atoms with E-state index < -0.39 is 35.4 Å². The summed E-state index contributed by atoms with van der Waals surface area (Å²) in [6.07, 6.45) is -0.567. The number of nitrogens with one attached hydrogen (secondary N) is 3. The highest BCUT2D eigenvalue weighted by Crippen LogP contribution is 2.12. The third-order valence-electron chi connectivity index (χ3n) is 2.83. The molecule has 10 heteroatoms. The lowest BCUT2D eigenvalue weighted by atomic mass is 10.1. The van der Waals surface area contributed by atoms with Crippen LogP contribution in [-0.2, 0) is 19.0 Å². The van der Waals surface area contributed by atoms with E-state index in [9.17, 15) is 14.4 Å². The van der Waals surface area contributed by atoms with Gasteiger partial charge in [-0.15, -0.1) is 0 Å². The Labute approximate surface area is 172 Å².